The zero-order valence-electron chi connectivity index (χ0n) is 13.7. The van der Waals surface area contributed by atoms with Gasteiger partial charge in [0, 0.05) is 25.2 Å². The van der Waals surface area contributed by atoms with Crippen molar-refractivity contribution in [2.24, 2.45) is 10.7 Å². The minimum absolute atomic E-state index is 0. The molecule has 4 nitrogen and oxygen atoms in total. The topological polar surface area (TPSA) is 59.6 Å². The molecular formula is C17H27FIN3O. The molecule has 1 aliphatic heterocycles. The van der Waals surface area contributed by atoms with Gasteiger partial charge in [-0.3, -0.25) is 4.99 Å². The molecule has 2 rings (SSSR count). The summed E-state index contributed by atoms with van der Waals surface area (Å²) in [5, 5.41) is 3.14. The molecule has 0 spiro atoms. The number of nitrogens with one attached hydrogen (secondary N) is 1. The molecule has 0 radical (unpaired) electrons. The Morgan fingerprint density at radius 3 is 2.57 bits per heavy atom. The Balaban J connectivity index is 0.00000264. The van der Waals surface area contributed by atoms with Gasteiger partial charge in [-0.15, -0.1) is 24.0 Å². The lowest BCUT2D eigenvalue weighted by molar-refractivity contribution is 0.0531. The van der Waals surface area contributed by atoms with Gasteiger partial charge in [0.15, 0.2) is 5.96 Å². The maximum atomic E-state index is 13.2. The molecule has 0 aromatic heterocycles. The Bertz CT molecular complexity index is 487. The molecule has 0 amide bonds. The van der Waals surface area contributed by atoms with Crippen molar-refractivity contribution in [1.29, 1.82) is 0 Å². The molecule has 0 atom stereocenters. The van der Waals surface area contributed by atoms with Gasteiger partial charge in [-0.2, -0.15) is 0 Å². The first-order valence-corrected chi connectivity index (χ1v) is 8.04. The van der Waals surface area contributed by atoms with Gasteiger partial charge >= 0.3 is 0 Å². The maximum absolute atomic E-state index is 13.2. The Morgan fingerprint density at radius 1 is 1.30 bits per heavy atom. The molecule has 0 saturated carbocycles. The van der Waals surface area contributed by atoms with Gasteiger partial charge in [-0.05, 0) is 37.0 Å². The van der Waals surface area contributed by atoms with Crippen molar-refractivity contribution in [2.75, 3.05) is 26.3 Å². The lowest BCUT2D eigenvalue weighted by Crippen LogP contribution is -2.39. The van der Waals surface area contributed by atoms with Crippen LogP contribution in [0.25, 0.3) is 0 Å². The second-order valence-corrected chi connectivity index (χ2v) is 5.88. The summed E-state index contributed by atoms with van der Waals surface area (Å²) < 4.78 is 18.7. The van der Waals surface area contributed by atoms with E-state index in [4.69, 9.17) is 10.5 Å². The number of ether oxygens (including phenoxy) is 1. The van der Waals surface area contributed by atoms with Gasteiger partial charge in [-0.25, -0.2) is 4.39 Å². The Morgan fingerprint density at radius 2 is 1.96 bits per heavy atom. The number of halogens is 2. The van der Waals surface area contributed by atoms with Crippen LogP contribution in [0.1, 0.15) is 38.2 Å². The Hall–Kier alpha value is -0.890. The number of hydrogen-bond acceptors (Lipinski definition) is 2. The van der Waals surface area contributed by atoms with E-state index in [1.54, 1.807) is 0 Å². The summed E-state index contributed by atoms with van der Waals surface area (Å²) in [6.45, 7) is 5.00. The number of rotatable bonds is 6. The third kappa shape index (κ3) is 5.91. The fraction of sp³-hybridized carbons (Fsp3) is 0.588. The van der Waals surface area contributed by atoms with Crippen LogP contribution in [0.15, 0.2) is 29.3 Å². The van der Waals surface area contributed by atoms with E-state index in [2.05, 4.69) is 17.2 Å². The Labute approximate surface area is 155 Å². The molecule has 1 saturated heterocycles. The highest BCUT2D eigenvalue weighted by atomic mass is 127. The summed E-state index contributed by atoms with van der Waals surface area (Å²) >= 11 is 0. The van der Waals surface area contributed by atoms with Crippen LogP contribution < -0.4 is 11.1 Å². The molecule has 1 aliphatic rings. The van der Waals surface area contributed by atoms with Crippen molar-refractivity contribution in [3.63, 3.8) is 0 Å². The van der Waals surface area contributed by atoms with Crippen molar-refractivity contribution in [1.82, 2.24) is 5.32 Å². The number of guanidine groups is 1. The molecule has 1 fully saturated rings. The van der Waals surface area contributed by atoms with Crippen LogP contribution in [0.3, 0.4) is 0 Å². The average Bonchev–Trinajstić information content (AvgIpc) is 2.55. The van der Waals surface area contributed by atoms with E-state index in [0.29, 0.717) is 25.7 Å². The van der Waals surface area contributed by atoms with E-state index in [9.17, 15) is 4.39 Å². The average molecular weight is 435 g/mol. The van der Waals surface area contributed by atoms with E-state index >= 15 is 0 Å². The van der Waals surface area contributed by atoms with Gasteiger partial charge < -0.3 is 15.8 Å². The standard InChI is InChI=1S/C17H26FN3O.HI/c1-2-3-10-20-16(19)21-13-17(8-11-22-12-9-17)14-4-6-15(18)7-5-14;/h4-7H,2-3,8-13H2,1H3,(H3,19,20,21);1H. The summed E-state index contributed by atoms with van der Waals surface area (Å²) in [6, 6.07) is 6.74. The van der Waals surface area contributed by atoms with E-state index in [1.165, 1.54) is 12.1 Å². The van der Waals surface area contributed by atoms with Gasteiger partial charge in [0.1, 0.15) is 5.82 Å². The highest BCUT2D eigenvalue weighted by Crippen LogP contribution is 2.35. The third-order valence-corrected chi connectivity index (χ3v) is 4.30. The predicted molar refractivity (Wildman–Crippen MR) is 103 cm³/mol. The fourth-order valence-corrected chi connectivity index (χ4v) is 2.79. The smallest absolute Gasteiger partial charge is 0.188 e. The normalized spacial score (nSPS) is 17.4. The summed E-state index contributed by atoms with van der Waals surface area (Å²) in [7, 11) is 0. The third-order valence-electron chi connectivity index (χ3n) is 4.30. The minimum Gasteiger partial charge on any atom is -0.381 e. The number of aliphatic imine (C=N–C) groups is 1. The second-order valence-electron chi connectivity index (χ2n) is 5.88. The lowest BCUT2D eigenvalue weighted by Gasteiger charge is -2.36. The highest BCUT2D eigenvalue weighted by molar-refractivity contribution is 14.0. The molecule has 1 heterocycles. The SMILES string of the molecule is CCCCNC(N)=NCC1(c2ccc(F)cc2)CCOCC1.I. The van der Waals surface area contributed by atoms with Gasteiger partial charge in [0.2, 0.25) is 0 Å². The summed E-state index contributed by atoms with van der Waals surface area (Å²) in [6.07, 6.45) is 3.96. The van der Waals surface area contributed by atoms with Crippen LogP contribution in [0.2, 0.25) is 0 Å². The molecule has 3 N–H and O–H groups in total. The first-order valence-electron chi connectivity index (χ1n) is 8.04. The molecular weight excluding hydrogens is 408 g/mol. The van der Waals surface area contributed by atoms with E-state index < -0.39 is 0 Å². The number of benzene rings is 1. The van der Waals surface area contributed by atoms with Crippen molar-refractivity contribution < 1.29 is 9.13 Å². The van der Waals surface area contributed by atoms with E-state index in [0.717, 1.165) is 37.8 Å². The number of unbranched alkanes of at least 4 members (excludes halogenated alkanes) is 1. The summed E-state index contributed by atoms with van der Waals surface area (Å²) in [5.41, 5.74) is 6.95. The Kier molecular flexibility index (Phi) is 8.83. The molecule has 6 heteroatoms. The number of nitrogens with zero attached hydrogens (tertiary/aromatic N) is 1. The second kappa shape index (κ2) is 10.1. The van der Waals surface area contributed by atoms with E-state index in [-0.39, 0.29) is 35.2 Å². The summed E-state index contributed by atoms with van der Waals surface area (Å²) in [4.78, 5) is 4.52. The van der Waals surface area contributed by atoms with Crippen molar-refractivity contribution in [3.8, 4) is 0 Å². The molecule has 23 heavy (non-hydrogen) atoms. The van der Waals surface area contributed by atoms with E-state index in [1.807, 2.05) is 12.1 Å². The zero-order valence-corrected chi connectivity index (χ0v) is 16.0. The van der Waals surface area contributed by atoms with Crippen LogP contribution >= 0.6 is 24.0 Å². The van der Waals surface area contributed by atoms with Crippen LogP contribution in [-0.4, -0.2) is 32.3 Å². The zero-order chi connectivity index (χ0) is 15.8. The van der Waals surface area contributed by atoms with Gasteiger partial charge in [0.05, 0.1) is 6.54 Å². The first-order chi connectivity index (χ1) is 10.7. The van der Waals surface area contributed by atoms with Crippen molar-refractivity contribution >= 4 is 29.9 Å². The van der Waals surface area contributed by atoms with Crippen LogP contribution in [0.4, 0.5) is 4.39 Å². The van der Waals surface area contributed by atoms with Crippen LogP contribution in [-0.2, 0) is 10.2 Å². The molecule has 0 unspecified atom stereocenters. The minimum atomic E-state index is -0.213. The maximum Gasteiger partial charge on any atom is 0.188 e. The van der Waals surface area contributed by atoms with Crippen LogP contribution in [0.5, 0.6) is 0 Å². The molecule has 1 aromatic rings. The predicted octanol–water partition coefficient (Wildman–Crippen LogP) is 3.20. The highest BCUT2D eigenvalue weighted by Gasteiger charge is 2.34. The number of hydrogen-bond donors (Lipinski definition) is 2. The quantitative estimate of drug-likeness (QED) is 0.312. The van der Waals surface area contributed by atoms with Crippen molar-refractivity contribution in [3.05, 3.63) is 35.6 Å². The first kappa shape index (κ1) is 20.2. The molecule has 130 valence electrons. The van der Waals surface area contributed by atoms with Crippen LogP contribution in [0, 0.1) is 5.82 Å². The molecule has 0 bridgehead atoms. The van der Waals surface area contributed by atoms with Crippen molar-refractivity contribution in [2.45, 2.75) is 38.0 Å². The largest absolute Gasteiger partial charge is 0.381 e. The molecule has 0 aliphatic carbocycles. The van der Waals surface area contributed by atoms with Gasteiger partial charge in [0.25, 0.3) is 0 Å². The fourth-order valence-electron chi connectivity index (χ4n) is 2.79. The monoisotopic (exact) mass is 435 g/mol. The van der Waals surface area contributed by atoms with Gasteiger partial charge in [-0.1, -0.05) is 25.5 Å². The lowest BCUT2D eigenvalue weighted by atomic mass is 9.74. The molecule has 1 aromatic carbocycles. The number of nitrogens with two attached hydrogens (primary N) is 1. The summed E-state index contributed by atoms with van der Waals surface area (Å²) in [5.74, 6) is 0.275.